The van der Waals surface area contributed by atoms with Crippen molar-refractivity contribution >= 4 is 6.03 Å². The zero-order valence-electron chi connectivity index (χ0n) is 26.6. The van der Waals surface area contributed by atoms with E-state index in [0.717, 1.165) is 17.7 Å². The monoisotopic (exact) mass is 708 g/mol. The quantitative estimate of drug-likeness (QED) is 0.196. The first-order valence-corrected chi connectivity index (χ1v) is 15.3. The highest BCUT2D eigenvalue weighted by Gasteiger charge is 2.58. The van der Waals surface area contributed by atoms with Gasteiger partial charge in [0.05, 0.1) is 35.9 Å². The Morgan fingerprint density at radius 3 is 2.06 bits per heavy atom. The van der Waals surface area contributed by atoms with Crippen LogP contribution >= 0.6 is 0 Å². The SMILES string of the molecule is CNC1(c2cc(C(F)(F)F)cc(C(F)(F)F)c2)NC(=O)N2C(c3cc(C(F)(F)F)ccc3-c3cc(-c4cccnc4C)ccc3OC)CCC21. The smallest absolute Gasteiger partial charge is 0.416 e. The first-order valence-electron chi connectivity index (χ1n) is 15.3. The van der Waals surface area contributed by atoms with Gasteiger partial charge >= 0.3 is 24.6 Å². The summed E-state index contributed by atoms with van der Waals surface area (Å²) in [4.78, 5) is 19.3. The summed E-state index contributed by atoms with van der Waals surface area (Å²) in [5.41, 5.74) is -3.74. The topological polar surface area (TPSA) is 66.5 Å². The summed E-state index contributed by atoms with van der Waals surface area (Å²) < 4.78 is 131. The van der Waals surface area contributed by atoms with E-state index in [2.05, 4.69) is 15.6 Å². The van der Waals surface area contributed by atoms with E-state index in [1.54, 1.807) is 37.4 Å². The third-order valence-corrected chi connectivity index (χ3v) is 9.41. The Morgan fingerprint density at radius 2 is 1.48 bits per heavy atom. The lowest BCUT2D eigenvalue weighted by atomic mass is 9.88. The van der Waals surface area contributed by atoms with Gasteiger partial charge in [0.2, 0.25) is 0 Å². The molecule has 0 bridgehead atoms. The summed E-state index contributed by atoms with van der Waals surface area (Å²) in [5, 5.41) is 5.29. The fourth-order valence-electron chi connectivity index (χ4n) is 7.10. The number of nitrogens with one attached hydrogen (secondary N) is 2. The van der Waals surface area contributed by atoms with Crippen LogP contribution in [0.15, 0.2) is 72.9 Å². The number of fused-ring (bicyclic) bond motifs is 1. The highest BCUT2D eigenvalue weighted by atomic mass is 19.4. The van der Waals surface area contributed by atoms with Crippen LogP contribution < -0.4 is 15.4 Å². The Morgan fingerprint density at radius 1 is 0.820 bits per heavy atom. The number of amides is 2. The molecule has 15 heteroatoms. The van der Waals surface area contributed by atoms with Crippen LogP contribution in [0.5, 0.6) is 5.75 Å². The molecule has 4 aromatic rings. The number of carbonyl (C=O) groups excluding carboxylic acids is 1. The van der Waals surface area contributed by atoms with Gasteiger partial charge in [-0.05, 0) is 97.6 Å². The van der Waals surface area contributed by atoms with Crippen LogP contribution in [0.4, 0.5) is 44.3 Å². The molecule has 2 aliphatic heterocycles. The first kappa shape index (κ1) is 35.1. The number of pyridine rings is 1. The molecule has 6 nitrogen and oxygen atoms in total. The Kier molecular flexibility index (Phi) is 8.56. The maximum Gasteiger partial charge on any atom is 0.416 e. The third kappa shape index (κ3) is 6.01. The molecule has 2 amide bonds. The number of rotatable bonds is 6. The maximum atomic E-state index is 14.2. The van der Waals surface area contributed by atoms with Crippen molar-refractivity contribution < 1.29 is 49.0 Å². The Labute approximate surface area is 280 Å². The van der Waals surface area contributed by atoms with Crippen LogP contribution in [-0.2, 0) is 24.2 Å². The number of alkyl halides is 9. The highest BCUT2D eigenvalue weighted by molar-refractivity contribution is 5.83. The van der Waals surface area contributed by atoms with E-state index in [9.17, 15) is 44.3 Å². The molecular formula is C35H29F9N4O2. The van der Waals surface area contributed by atoms with Gasteiger partial charge in [-0.2, -0.15) is 39.5 Å². The van der Waals surface area contributed by atoms with E-state index in [1.807, 2.05) is 6.07 Å². The number of likely N-dealkylation sites (N-methyl/N-ethyl adjacent to an activating group) is 1. The van der Waals surface area contributed by atoms with Gasteiger partial charge in [-0.3, -0.25) is 10.3 Å². The van der Waals surface area contributed by atoms with E-state index in [-0.39, 0.29) is 30.0 Å². The zero-order chi connectivity index (χ0) is 36.4. The van der Waals surface area contributed by atoms with Crippen molar-refractivity contribution in [3.63, 3.8) is 0 Å². The summed E-state index contributed by atoms with van der Waals surface area (Å²) in [5.74, 6) is 0.310. The molecule has 0 spiro atoms. The second kappa shape index (κ2) is 12.2. The molecule has 1 aromatic heterocycles. The molecule has 2 aliphatic rings. The van der Waals surface area contributed by atoms with E-state index in [1.165, 1.54) is 25.1 Å². The maximum absolute atomic E-state index is 14.2. The Balaban J connectivity index is 1.51. The predicted molar refractivity (Wildman–Crippen MR) is 165 cm³/mol. The van der Waals surface area contributed by atoms with Gasteiger partial charge in [0, 0.05) is 23.0 Å². The Bertz CT molecular complexity index is 1930. The minimum atomic E-state index is -5.15. The number of hydrogen-bond donors (Lipinski definition) is 2. The van der Waals surface area contributed by atoms with Crippen LogP contribution in [0, 0.1) is 6.92 Å². The molecule has 264 valence electrons. The van der Waals surface area contributed by atoms with E-state index < -0.39 is 64.6 Å². The number of urea groups is 1. The normalized spacial score (nSPS) is 21.0. The van der Waals surface area contributed by atoms with E-state index in [4.69, 9.17) is 4.74 Å². The zero-order valence-corrected chi connectivity index (χ0v) is 26.6. The van der Waals surface area contributed by atoms with Crippen molar-refractivity contribution in [1.82, 2.24) is 20.5 Å². The number of aromatic nitrogens is 1. The number of hydrogen-bond acceptors (Lipinski definition) is 4. The molecule has 2 N–H and O–H groups in total. The lowest BCUT2D eigenvalue weighted by molar-refractivity contribution is -0.143. The van der Waals surface area contributed by atoms with Crippen LogP contribution in [-0.4, -0.2) is 36.1 Å². The fourth-order valence-corrected chi connectivity index (χ4v) is 7.10. The van der Waals surface area contributed by atoms with E-state index >= 15 is 0 Å². The first-order chi connectivity index (χ1) is 23.4. The molecule has 3 heterocycles. The van der Waals surface area contributed by atoms with Gasteiger partial charge in [0.1, 0.15) is 11.4 Å². The highest BCUT2D eigenvalue weighted by Crippen LogP contribution is 2.51. The minimum absolute atomic E-state index is 0.0116. The van der Waals surface area contributed by atoms with Crippen LogP contribution in [0.1, 0.15) is 52.4 Å². The van der Waals surface area contributed by atoms with Crippen molar-refractivity contribution in [2.45, 2.75) is 56.0 Å². The average molecular weight is 709 g/mol. The molecule has 2 saturated heterocycles. The third-order valence-electron chi connectivity index (χ3n) is 9.41. The minimum Gasteiger partial charge on any atom is -0.496 e. The lowest BCUT2D eigenvalue weighted by Crippen LogP contribution is -2.55. The van der Waals surface area contributed by atoms with Crippen LogP contribution in [0.25, 0.3) is 22.3 Å². The van der Waals surface area contributed by atoms with Gasteiger partial charge in [-0.1, -0.05) is 18.2 Å². The summed E-state index contributed by atoms with van der Waals surface area (Å²) in [6.07, 6.45) is -13.4. The summed E-state index contributed by atoms with van der Waals surface area (Å²) in [7, 11) is 2.67. The number of benzene rings is 3. The molecule has 3 aromatic carbocycles. The van der Waals surface area contributed by atoms with Gasteiger partial charge in [-0.25, -0.2) is 4.79 Å². The van der Waals surface area contributed by atoms with Crippen molar-refractivity contribution in [1.29, 1.82) is 0 Å². The second-order valence-electron chi connectivity index (χ2n) is 12.2. The molecule has 3 unspecified atom stereocenters. The second-order valence-corrected chi connectivity index (χ2v) is 12.2. The van der Waals surface area contributed by atoms with Crippen molar-refractivity contribution in [2.75, 3.05) is 14.2 Å². The van der Waals surface area contributed by atoms with Gasteiger partial charge in [-0.15, -0.1) is 0 Å². The van der Waals surface area contributed by atoms with E-state index in [0.29, 0.717) is 34.7 Å². The number of ether oxygens (including phenoxy) is 1. The van der Waals surface area contributed by atoms with Gasteiger partial charge in [0.25, 0.3) is 0 Å². The summed E-state index contributed by atoms with van der Waals surface area (Å²) >= 11 is 0. The molecule has 0 aliphatic carbocycles. The van der Waals surface area contributed by atoms with Crippen LogP contribution in [0.2, 0.25) is 0 Å². The van der Waals surface area contributed by atoms with Crippen molar-refractivity contribution in [3.05, 3.63) is 106 Å². The number of nitrogens with zero attached hydrogens (tertiary/aromatic N) is 2. The van der Waals surface area contributed by atoms with Gasteiger partial charge < -0.3 is 15.0 Å². The average Bonchev–Trinajstić information content (AvgIpc) is 3.63. The number of halogens is 9. The molecule has 0 radical (unpaired) electrons. The van der Waals surface area contributed by atoms with Crippen molar-refractivity contribution in [2.24, 2.45) is 0 Å². The molecule has 3 atom stereocenters. The summed E-state index contributed by atoms with van der Waals surface area (Å²) in [6.45, 7) is 1.80. The number of carbonyl (C=O) groups is 1. The predicted octanol–water partition coefficient (Wildman–Crippen LogP) is 9.09. The largest absolute Gasteiger partial charge is 0.496 e. The van der Waals surface area contributed by atoms with Crippen LogP contribution in [0.3, 0.4) is 0 Å². The molecule has 50 heavy (non-hydrogen) atoms. The molecular weight excluding hydrogens is 679 g/mol. The van der Waals surface area contributed by atoms with Crippen molar-refractivity contribution in [3.8, 4) is 28.0 Å². The molecule has 6 rings (SSSR count). The van der Waals surface area contributed by atoms with Gasteiger partial charge in [0.15, 0.2) is 0 Å². The number of aryl methyl sites for hydroxylation is 1. The summed E-state index contributed by atoms with van der Waals surface area (Å²) in [6, 6.07) is 9.81. The molecule has 0 saturated carbocycles. The number of methoxy groups -OCH3 is 1. The molecule has 2 fully saturated rings. The standard InChI is InChI=1S/C35H29F9N4O2/c1-18-24(5-4-12-46-18)19-6-10-29(50-3)27(13-19)25-8-7-20(33(36,37)38)17-26(25)28-9-11-30-32(45-2,47-31(49)48(28)30)21-14-22(34(39,40)41)16-23(15-21)35(42,43)44/h4-8,10,12-17,28,30,45H,9,11H2,1-3H3,(H,47,49). The fraction of sp³-hybridized carbons (Fsp3) is 0.314. The lowest BCUT2D eigenvalue weighted by Gasteiger charge is -2.35. The Hall–Kier alpha value is -4.79.